The molecule has 1 N–H and O–H groups in total. The van der Waals surface area contributed by atoms with Gasteiger partial charge in [0.25, 0.3) is 0 Å². The third-order valence-electron chi connectivity index (χ3n) is 2.70. The topological polar surface area (TPSA) is 82.0 Å². The van der Waals surface area contributed by atoms with E-state index in [9.17, 15) is 13.6 Å². The van der Waals surface area contributed by atoms with Crippen molar-refractivity contribution in [2.45, 2.75) is 27.1 Å². The lowest BCUT2D eigenvalue weighted by atomic mass is 10.2. The summed E-state index contributed by atoms with van der Waals surface area (Å²) in [5.74, 6) is -0.103. The zero-order chi connectivity index (χ0) is 15.4. The number of nitrogens with one attached hydrogen (secondary N) is 1. The number of esters is 1. The first kappa shape index (κ1) is 15.1. The molecule has 0 bridgehead atoms. The number of rotatable bonds is 6. The van der Waals surface area contributed by atoms with Crippen LogP contribution >= 0.6 is 0 Å². The molecular formula is C12H14F2N4O3. The summed E-state index contributed by atoms with van der Waals surface area (Å²) in [7, 11) is 0. The number of H-pyrrole nitrogens is 1. The molecule has 2 aromatic rings. The second-order valence-corrected chi connectivity index (χ2v) is 4.10. The second-order valence-electron chi connectivity index (χ2n) is 4.10. The van der Waals surface area contributed by atoms with E-state index in [0.717, 1.165) is 0 Å². The van der Waals surface area contributed by atoms with E-state index in [1.54, 1.807) is 13.8 Å². The molecule has 114 valence electrons. The predicted octanol–water partition coefficient (Wildman–Crippen LogP) is 1.82. The summed E-state index contributed by atoms with van der Waals surface area (Å²) in [6.45, 7) is 0.513. The maximum absolute atomic E-state index is 12.0. The lowest BCUT2D eigenvalue weighted by Crippen LogP contribution is -2.07. The van der Waals surface area contributed by atoms with Crippen LogP contribution in [-0.4, -0.2) is 39.2 Å². The molecule has 9 heteroatoms. The van der Waals surface area contributed by atoms with E-state index in [2.05, 4.69) is 20.0 Å². The van der Waals surface area contributed by atoms with Gasteiger partial charge in [0, 0.05) is 6.07 Å². The zero-order valence-corrected chi connectivity index (χ0v) is 11.5. The number of alkyl halides is 2. The van der Waals surface area contributed by atoms with E-state index in [1.165, 1.54) is 16.9 Å². The minimum Gasteiger partial charge on any atom is -0.462 e. The molecular weight excluding hydrogens is 286 g/mol. The number of hydrogen-bond donors (Lipinski definition) is 1. The summed E-state index contributed by atoms with van der Waals surface area (Å²) in [6.07, 6.45) is 1.37. The van der Waals surface area contributed by atoms with Gasteiger partial charge in [-0.25, -0.2) is 9.48 Å². The number of carbonyl (C=O) groups excluding carboxylic acids is 1. The van der Waals surface area contributed by atoms with Gasteiger partial charge in [-0.3, -0.25) is 5.10 Å². The molecule has 0 saturated carbocycles. The van der Waals surface area contributed by atoms with Gasteiger partial charge < -0.3 is 9.47 Å². The van der Waals surface area contributed by atoms with Crippen molar-refractivity contribution in [1.82, 2.24) is 20.0 Å². The van der Waals surface area contributed by atoms with Crippen molar-refractivity contribution in [2.75, 3.05) is 6.61 Å². The Balaban J connectivity index is 2.17. The van der Waals surface area contributed by atoms with Crippen LogP contribution in [0.1, 0.15) is 28.7 Å². The first-order valence-electron chi connectivity index (χ1n) is 6.19. The highest BCUT2D eigenvalue weighted by atomic mass is 19.3. The summed E-state index contributed by atoms with van der Waals surface area (Å²) in [6, 6.07) is 1.51. The summed E-state index contributed by atoms with van der Waals surface area (Å²) in [5.41, 5.74) is 1.24. The fourth-order valence-corrected chi connectivity index (χ4v) is 1.73. The van der Waals surface area contributed by atoms with Crippen LogP contribution in [0.5, 0.6) is 0 Å². The lowest BCUT2D eigenvalue weighted by Gasteiger charge is -2.02. The van der Waals surface area contributed by atoms with Gasteiger partial charge in [0.15, 0.2) is 5.82 Å². The maximum atomic E-state index is 12.0. The number of ether oxygens (including phenoxy) is 2. The molecule has 0 unspecified atom stereocenters. The Hall–Kier alpha value is -2.29. The molecule has 21 heavy (non-hydrogen) atoms. The van der Waals surface area contributed by atoms with Crippen molar-refractivity contribution in [1.29, 1.82) is 0 Å². The predicted molar refractivity (Wildman–Crippen MR) is 67.2 cm³/mol. The molecule has 0 radical (unpaired) electrons. The van der Waals surface area contributed by atoms with Crippen LogP contribution in [0.3, 0.4) is 0 Å². The summed E-state index contributed by atoms with van der Waals surface area (Å²) in [4.78, 5) is 11.7. The SMILES string of the molecule is CCOC(=O)c1cnn(-c2cc(COC(F)F)[nH]n2)c1C. The largest absolute Gasteiger partial charge is 0.462 e. The van der Waals surface area contributed by atoms with Gasteiger partial charge in [0.05, 0.1) is 30.8 Å². The van der Waals surface area contributed by atoms with Crippen molar-refractivity contribution < 1.29 is 23.0 Å². The number of halogens is 2. The average Bonchev–Trinajstić information content (AvgIpc) is 3.03. The van der Waals surface area contributed by atoms with Crippen LogP contribution in [0.25, 0.3) is 5.82 Å². The molecule has 2 heterocycles. The van der Waals surface area contributed by atoms with Crippen molar-refractivity contribution >= 4 is 5.97 Å². The second kappa shape index (κ2) is 6.44. The van der Waals surface area contributed by atoms with Gasteiger partial charge >= 0.3 is 12.6 Å². The van der Waals surface area contributed by atoms with E-state index >= 15 is 0 Å². The average molecular weight is 300 g/mol. The number of aromatic amines is 1. The summed E-state index contributed by atoms with van der Waals surface area (Å²) >= 11 is 0. The first-order valence-corrected chi connectivity index (χ1v) is 6.19. The van der Waals surface area contributed by atoms with Crippen molar-refractivity contribution in [2.24, 2.45) is 0 Å². The van der Waals surface area contributed by atoms with Crippen LogP contribution in [0.15, 0.2) is 12.3 Å². The van der Waals surface area contributed by atoms with Crippen LogP contribution in [0.2, 0.25) is 0 Å². The van der Waals surface area contributed by atoms with Gasteiger partial charge in [0.2, 0.25) is 0 Å². The molecule has 2 aromatic heterocycles. The zero-order valence-electron chi connectivity index (χ0n) is 11.5. The number of hydrogen-bond acceptors (Lipinski definition) is 5. The molecule has 0 fully saturated rings. The minimum atomic E-state index is -2.85. The quantitative estimate of drug-likeness (QED) is 0.823. The summed E-state index contributed by atoms with van der Waals surface area (Å²) < 4.78 is 34.4. The number of aromatic nitrogens is 4. The minimum absolute atomic E-state index is 0.265. The molecule has 0 spiro atoms. The van der Waals surface area contributed by atoms with E-state index in [-0.39, 0.29) is 13.2 Å². The molecule has 0 atom stereocenters. The Labute approximate surface area is 118 Å². The fourth-order valence-electron chi connectivity index (χ4n) is 1.73. The molecule has 0 saturated heterocycles. The van der Waals surface area contributed by atoms with E-state index < -0.39 is 12.6 Å². The highest BCUT2D eigenvalue weighted by molar-refractivity contribution is 5.90. The Morgan fingerprint density at radius 3 is 2.95 bits per heavy atom. The van der Waals surface area contributed by atoms with E-state index in [0.29, 0.717) is 22.8 Å². The van der Waals surface area contributed by atoms with Gasteiger partial charge in [-0.2, -0.15) is 19.0 Å². The highest BCUT2D eigenvalue weighted by Crippen LogP contribution is 2.15. The van der Waals surface area contributed by atoms with E-state index in [4.69, 9.17) is 4.74 Å². The van der Waals surface area contributed by atoms with Gasteiger partial charge in [-0.15, -0.1) is 0 Å². The van der Waals surface area contributed by atoms with Gasteiger partial charge in [0.1, 0.15) is 5.56 Å². The molecule has 0 aliphatic rings. The fraction of sp³-hybridized carbons (Fsp3) is 0.417. The normalized spacial score (nSPS) is 11.1. The number of carbonyl (C=O) groups is 1. The Bertz CT molecular complexity index is 624. The van der Waals surface area contributed by atoms with E-state index in [1.807, 2.05) is 0 Å². The molecule has 0 aromatic carbocycles. The molecule has 0 aliphatic heterocycles. The third kappa shape index (κ3) is 3.43. The van der Waals surface area contributed by atoms with Crippen LogP contribution in [0.4, 0.5) is 8.78 Å². The van der Waals surface area contributed by atoms with Crippen LogP contribution in [0, 0.1) is 6.92 Å². The number of nitrogens with zero attached hydrogens (tertiary/aromatic N) is 3. The van der Waals surface area contributed by atoms with Crippen LogP contribution in [-0.2, 0) is 16.1 Å². The van der Waals surface area contributed by atoms with Crippen LogP contribution < -0.4 is 0 Å². The third-order valence-corrected chi connectivity index (χ3v) is 2.70. The molecule has 0 aliphatic carbocycles. The monoisotopic (exact) mass is 300 g/mol. The van der Waals surface area contributed by atoms with Crippen molar-refractivity contribution in [3.05, 3.63) is 29.2 Å². The first-order chi connectivity index (χ1) is 10.0. The van der Waals surface area contributed by atoms with Gasteiger partial charge in [-0.1, -0.05) is 0 Å². The van der Waals surface area contributed by atoms with Crippen molar-refractivity contribution in [3.63, 3.8) is 0 Å². The summed E-state index contributed by atoms with van der Waals surface area (Å²) in [5, 5.41) is 10.5. The Morgan fingerprint density at radius 1 is 1.52 bits per heavy atom. The molecule has 2 rings (SSSR count). The molecule has 0 amide bonds. The molecule has 7 nitrogen and oxygen atoms in total. The Morgan fingerprint density at radius 2 is 2.29 bits per heavy atom. The maximum Gasteiger partial charge on any atom is 0.345 e. The van der Waals surface area contributed by atoms with Crippen molar-refractivity contribution in [3.8, 4) is 5.82 Å². The Kier molecular flexibility index (Phi) is 4.63. The standard InChI is InChI=1S/C12H14F2N4O3/c1-3-20-11(19)9-5-15-18(7(9)2)10-4-8(16-17-10)6-21-12(13)14/h4-5,12H,3,6H2,1-2H3,(H,16,17). The smallest absolute Gasteiger partial charge is 0.345 e. The highest BCUT2D eigenvalue weighted by Gasteiger charge is 2.17. The lowest BCUT2D eigenvalue weighted by molar-refractivity contribution is -0.137. The van der Waals surface area contributed by atoms with Gasteiger partial charge in [-0.05, 0) is 13.8 Å².